The Morgan fingerprint density at radius 1 is 1.07 bits per heavy atom. The first-order chi connectivity index (χ1) is 7.27. The van der Waals surface area contributed by atoms with Crippen LogP contribution >= 0.6 is 0 Å². The van der Waals surface area contributed by atoms with Crippen LogP contribution in [-0.2, 0) is 5.66 Å². The molecule has 4 nitrogen and oxygen atoms in total. The number of hydrogen-bond acceptors (Lipinski definition) is 2. The molecule has 4 heteroatoms. The van der Waals surface area contributed by atoms with Crippen LogP contribution in [0.15, 0.2) is 37.4 Å². The molecule has 0 aliphatic rings. The fourth-order valence-corrected chi connectivity index (χ4v) is 1.95. The van der Waals surface area contributed by atoms with Crippen molar-refractivity contribution in [3.05, 3.63) is 37.4 Å². The van der Waals surface area contributed by atoms with Crippen LogP contribution in [0.2, 0.25) is 0 Å². The van der Waals surface area contributed by atoms with Crippen molar-refractivity contribution in [1.82, 2.24) is 19.1 Å². The van der Waals surface area contributed by atoms with E-state index in [0.717, 1.165) is 12.8 Å². The molecule has 0 bridgehead atoms. The quantitative estimate of drug-likeness (QED) is 0.764. The molecule has 0 saturated carbocycles. The molecule has 0 saturated heterocycles. The van der Waals surface area contributed by atoms with Gasteiger partial charge in [-0.15, -0.1) is 0 Å². The summed E-state index contributed by atoms with van der Waals surface area (Å²) in [6.45, 7) is 4.38. The first-order valence-electron chi connectivity index (χ1n) is 5.24. The maximum absolute atomic E-state index is 4.11. The molecule has 2 aromatic heterocycles. The number of nitrogens with zero attached hydrogens (tertiary/aromatic N) is 4. The van der Waals surface area contributed by atoms with E-state index in [1.807, 2.05) is 37.4 Å². The predicted octanol–water partition coefficient (Wildman–Crippen LogP) is 2.10. The van der Waals surface area contributed by atoms with Crippen molar-refractivity contribution in [1.29, 1.82) is 0 Å². The van der Waals surface area contributed by atoms with Crippen LogP contribution in [0, 0.1) is 0 Å². The average Bonchev–Trinajstić information content (AvgIpc) is 2.92. The minimum atomic E-state index is -0.0955. The maximum Gasteiger partial charge on any atom is 0.120 e. The van der Waals surface area contributed by atoms with Gasteiger partial charge in [0.05, 0.1) is 12.7 Å². The van der Waals surface area contributed by atoms with E-state index in [2.05, 4.69) is 32.9 Å². The summed E-state index contributed by atoms with van der Waals surface area (Å²) in [5, 5.41) is 0. The molecule has 2 rings (SSSR count). The van der Waals surface area contributed by atoms with E-state index in [0.29, 0.717) is 0 Å². The summed E-state index contributed by atoms with van der Waals surface area (Å²) in [6, 6.07) is 0. The first kappa shape index (κ1) is 9.96. The number of imidazole rings is 2. The van der Waals surface area contributed by atoms with Gasteiger partial charge >= 0.3 is 0 Å². The molecule has 0 unspecified atom stereocenters. The van der Waals surface area contributed by atoms with Crippen LogP contribution in [0.3, 0.4) is 0 Å². The molecule has 0 spiro atoms. The Kier molecular flexibility index (Phi) is 2.58. The van der Waals surface area contributed by atoms with Crippen LogP contribution in [-0.4, -0.2) is 19.1 Å². The Labute approximate surface area is 89.6 Å². The largest absolute Gasteiger partial charge is 0.314 e. The normalized spacial score (nSPS) is 11.9. The molecule has 0 fully saturated rings. The van der Waals surface area contributed by atoms with E-state index in [1.54, 1.807) is 0 Å². The van der Waals surface area contributed by atoms with Gasteiger partial charge in [0.2, 0.25) is 0 Å². The van der Waals surface area contributed by atoms with Gasteiger partial charge in [-0.2, -0.15) is 0 Å². The van der Waals surface area contributed by atoms with Crippen molar-refractivity contribution in [2.24, 2.45) is 0 Å². The minimum absolute atomic E-state index is 0.0955. The Balaban J connectivity index is 2.41. The molecule has 0 aromatic carbocycles. The summed E-state index contributed by atoms with van der Waals surface area (Å²) in [4.78, 5) is 8.22. The molecule has 0 N–H and O–H groups in total. The highest BCUT2D eigenvalue weighted by Gasteiger charge is 2.26. The van der Waals surface area contributed by atoms with E-state index >= 15 is 0 Å². The fourth-order valence-electron chi connectivity index (χ4n) is 1.95. The van der Waals surface area contributed by atoms with E-state index in [-0.39, 0.29) is 5.66 Å². The molecule has 2 aromatic rings. The lowest BCUT2D eigenvalue weighted by atomic mass is 10.1. The van der Waals surface area contributed by atoms with Crippen LogP contribution in [0.1, 0.15) is 26.7 Å². The molecule has 0 radical (unpaired) electrons. The van der Waals surface area contributed by atoms with Gasteiger partial charge in [-0.1, -0.05) is 13.3 Å². The van der Waals surface area contributed by atoms with Gasteiger partial charge in [0, 0.05) is 24.8 Å². The highest BCUT2D eigenvalue weighted by molar-refractivity contribution is 4.93. The zero-order valence-electron chi connectivity index (χ0n) is 9.17. The van der Waals surface area contributed by atoms with Crippen molar-refractivity contribution in [2.45, 2.75) is 32.4 Å². The smallest absolute Gasteiger partial charge is 0.120 e. The second kappa shape index (κ2) is 3.88. The molecule has 0 amide bonds. The van der Waals surface area contributed by atoms with E-state index in [1.165, 1.54) is 0 Å². The molecule has 15 heavy (non-hydrogen) atoms. The van der Waals surface area contributed by atoms with E-state index in [4.69, 9.17) is 0 Å². The molecule has 0 aliphatic heterocycles. The topological polar surface area (TPSA) is 35.6 Å². The monoisotopic (exact) mass is 204 g/mol. The lowest BCUT2D eigenvalue weighted by Crippen LogP contribution is -2.36. The van der Waals surface area contributed by atoms with E-state index < -0.39 is 0 Å². The van der Waals surface area contributed by atoms with Crippen LogP contribution in [0.25, 0.3) is 0 Å². The van der Waals surface area contributed by atoms with Crippen molar-refractivity contribution in [2.75, 3.05) is 0 Å². The van der Waals surface area contributed by atoms with Crippen molar-refractivity contribution >= 4 is 0 Å². The van der Waals surface area contributed by atoms with Crippen molar-refractivity contribution in [3.8, 4) is 0 Å². The third-order valence-electron chi connectivity index (χ3n) is 2.84. The van der Waals surface area contributed by atoms with Gasteiger partial charge in [-0.05, 0) is 13.3 Å². The molecular weight excluding hydrogens is 188 g/mol. The third-order valence-corrected chi connectivity index (χ3v) is 2.84. The summed E-state index contributed by atoms with van der Waals surface area (Å²) in [5.41, 5.74) is -0.0955. The van der Waals surface area contributed by atoms with Gasteiger partial charge in [0.15, 0.2) is 0 Å². The van der Waals surface area contributed by atoms with Gasteiger partial charge in [0.1, 0.15) is 5.66 Å². The number of hydrogen-bond donors (Lipinski definition) is 0. The molecular formula is C11H16N4. The summed E-state index contributed by atoms with van der Waals surface area (Å²) in [6.07, 6.45) is 13.5. The standard InChI is InChI=1S/C11H16N4/c1-3-4-11(2,14-7-5-12-9-14)15-8-6-13-10-15/h5-10H,3-4H2,1-2H3. The lowest BCUT2D eigenvalue weighted by Gasteiger charge is -2.32. The molecule has 2 heterocycles. The van der Waals surface area contributed by atoms with Crippen LogP contribution in [0.4, 0.5) is 0 Å². The molecule has 0 aliphatic carbocycles. The maximum atomic E-state index is 4.11. The summed E-state index contributed by atoms with van der Waals surface area (Å²) >= 11 is 0. The van der Waals surface area contributed by atoms with Crippen LogP contribution in [0.5, 0.6) is 0 Å². The zero-order valence-corrected chi connectivity index (χ0v) is 9.17. The van der Waals surface area contributed by atoms with Crippen molar-refractivity contribution < 1.29 is 0 Å². The third kappa shape index (κ3) is 1.67. The molecule has 0 atom stereocenters. The van der Waals surface area contributed by atoms with Crippen molar-refractivity contribution in [3.63, 3.8) is 0 Å². The second-order valence-corrected chi connectivity index (χ2v) is 3.91. The average molecular weight is 204 g/mol. The van der Waals surface area contributed by atoms with Gasteiger partial charge < -0.3 is 9.13 Å². The Hall–Kier alpha value is -1.58. The van der Waals surface area contributed by atoms with Gasteiger partial charge in [0.25, 0.3) is 0 Å². The van der Waals surface area contributed by atoms with Crippen LogP contribution < -0.4 is 0 Å². The van der Waals surface area contributed by atoms with Gasteiger partial charge in [-0.3, -0.25) is 0 Å². The molecule has 80 valence electrons. The Bertz CT molecular complexity index is 354. The fraction of sp³-hybridized carbons (Fsp3) is 0.455. The Morgan fingerprint density at radius 2 is 1.60 bits per heavy atom. The minimum Gasteiger partial charge on any atom is -0.314 e. The van der Waals surface area contributed by atoms with Gasteiger partial charge in [-0.25, -0.2) is 9.97 Å². The number of aromatic nitrogens is 4. The predicted molar refractivity (Wildman–Crippen MR) is 58.4 cm³/mol. The Morgan fingerprint density at radius 3 is 1.93 bits per heavy atom. The zero-order chi connectivity index (χ0) is 10.7. The summed E-state index contributed by atoms with van der Waals surface area (Å²) < 4.78 is 4.25. The lowest BCUT2D eigenvalue weighted by molar-refractivity contribution is 0.234. The highest BCUT2D eigenvalue weighted by atomic mass is 15.3. The second-order valence-electron chi connectivity index (χ2n) is 3.91. The summed E-state index contributed by atoms with van der Waals surface area (Å²) in [7, 11) is 0. The number of rotatable bonds is 4. The first-order valence-corrected chi connectivity index (χ1v) is 5.24. The SMILES string of the molecule is CCCC(C)(n1ccnc1)n1ccnc1. The summed E-state index contributed by atoms with van der Waals surface area (Å²) in [5.74, 6) is 0. The van der Waals surface area contributed by atoms with E-state index in [9.17, 15) is 0 Å². The highest BCUT2D eigenvalue weighted by Crippen LogP contribution is 2.23.